The van der Waals surface area contributed by atoms with Crippen LogP contribution in [0.5, 0.6) is 5.88 Å². The maximum absolute atomic E-state index is 13.3. The second-order valence-corrected chi connectivity index (χ2v) is 11.2. The van der Waals surface area contributed by atoms with Gasteiger partial charge in [0.1, 0.15) is 5.56 Å². The van der Waals surface area contributed by atoms with Crippen molar-refractivity contribution < 1.29 is 14.3 Å². The lowest BCUT2D eigenvalue weighted by Gasteiger charge is -2.54. The maximum Gasteiger partial charge on any atom is 0.258 e. The van der Waals surface area contributed by atoms with Crippen LogP contribution in [0.1, 0.15) is 77.1 Å². The summed E-state index contributed by atoms with van der Waals surface area (Å²) in [5.41, 5.74) is -0.0722. The molecule has 0 atom stereocenters. The van der Waals surface area contributed by atoms with E-state index in [2.05, 4.69) is 29.6 Å². The fourth-order valence-electron chi connectivity index (χ4n) is 6.14. The van der Waals surface area contributed by atoms with Crippen molar-refractivity contribution in [1.29, 1.82) is 0 Å². The summed E-state index contributed by atoms with van der Waals surface area (Å²) in [6, 6.07) is 0.269. The van der Waals surface area contributed by atoms with Crippen LogP contribution < -0.4 is 15.4 Å². The van der Waals surface area contributed by atoms with Crippen LogP contribution >= 0.6 is 0 Å². The lowest BCUT2D eigenvalue weighted by Crippen LogP contribution is -2.55. The highest BCUT2D eigenvalue weighted by molar-refractivity contribution is 5.96. The van der Waals surface area contributed by atoms with Gasteiger partial charge in [0.15, 0.2) is 0 Å². The smallest absolute Gasteiger partial charge is 0.258 e. The fraction of sp³-hybridized carbons (Fsp3) is 0.720. The second kappa shape index (κ2) is 8.91. The van der Waals surface area contributed by atoms with Gasteiger partial charge in [0.25, 0.3) is 5.91 Å². The second-order valence-electron chi connectivity index (χ2n) is 11.2. The van der Waals surface area contributed by atoms with Crippen molar-refractivity contribution in [3.63, 3.8) is 0 Å². The molecule has 0 aliphatic heterocycles. The van der Waals surface area contributed by atoms with Crippen molar-refractivity contribution in [2.24, 2.45) is 29.6 Å². The van der Waals surface area contributed by atoms with Crippen LogP contribution in [0.3, 0.4) is 0 Å². The van der Waals surface area contributed by atoms with Gasteiger partial charge in [-0.2, -0.15) is 5.10 Å². The minimum absolute atomic E-state index is 0.0954. The highest BCUT2D eigenvalue weighted by Crippen LogP contribution is 2.53. The molecule has 1 heterocycles. The van der Waals surface area contributed by atoms with Crippen molar-refractivity contribution in [2.45, 2.75) is 78.3 Å². The summed E-state index contributed by atoms with van der Waals surface area (Å²) >= 11 is 0. The molecule has 5 rings (SSSR count). The van der Waals surface area contributed by atoms with Crippen LogP contribution in [-0.2, 0) is 4.79 Å². The summed E-state index contributed by atoms with van der Waals surface area (Å²) in [4.78, 5) is 24.8. The van der Waals surface area contributed by atoms with E-state index in [4.69, 9.17) is 4.74 Å². The third-order valence-corrected chi connectivity index (χ3v) is 7.20. The molecular formula is C25H38N4O3. The highest BCUT2D eigenvalue weighted by Gasteiger charge is 2.48. The van der Waals surface area contributed by atoms with Crippen LogP contribution in [0.15, 0.2) is 12.3 Å². The first-order chi connectivity index (χ1) is 15.1. The summed E-state index contributed by atoms with van der Waals surface area (Å²) in [6.45, 7) is 9.95. The first-order valence-electron chi connectivity index (χ1n) is 12.1. The lowest BCUT2D eigenvalue weighted by atomic mass is 9.54. The summed E-state index contributed by atoms with van der Waals surface area (Å²) in [6.07, 6.45) is 11.6. The minimum atomic E-state index is -0.546. The fourth-order valence-corrected chi connectivity index (χ4v) is 6.14. The number of hydrogen-bond donors (Lipinski definition) is 2. The number of nitrogens with zero attached hydrogens (tertiary/aromatic N) is 2. The molecule has 1 aromatic heterocycles. The molecule has 0 spiro atoms. The van der Waals surface area contributed by atoms with Crippen LogP contribution in [-0.4, -0.2) is 39.8 Å². The Labute approximate surface area is 191 Å². The molecule has 4 aliphatic rings. The van der Waals surface area contributed by atoms with E-state index in [9.17, 15) is 9.59 Å². The number of aromatic nitrogens is 2. The highest BCUT2D eigenvalue weighted by atomic mass is 16.5. The van der Waals surface area contributed by atoms with Gasteiger partial charge in [-0.1, -0.05) is 13.8 Å². The molecule has 4 saturated carbocycles. The summed E-state index contributed by atoms with van der Waals surface area (Å²) < 4.78 is 7.64. The average molecular weight is 443 g/mol. The maximum atomic E-state index is 13.3. The van der Waals surface area contributed by atoms with Crippen LogP contribution in [0.4, 0.5) is 0 Å². The molecule has 0 radical (unpaired) electrons. The Kier molecular flexibility index (Phi) is 6.37. The summed E-state index contributed by atoms with van der Waals surface area (Å²) in [7, 11) is 0. The number of carbonyl (C=O) groups is 2. The van der Waals surface area contributed by atoms with E-state index in [-0.39, 0.29) is 17.9 Å². The predicted octanol–water partition coefficient (Wildman–Crippen LogP) is 3.86. The first kappa shape index (κ1) is 22.9. The van der Waals surface area contributed by atoms with E-state index in [0.717, 1.165) is 11.8 Å². The summed E-state index contributed by atoms with van der Waals surface area (Å²) in [5.74, 6) is 3.54. The molecule has 2 N–H and O–H groups in total. The minimum Gasteiger partial charge on any atom is -0.477 e. The largest absolute Gasteiger partial charge is 0.477 e. The molecule has 0 unspecified atom stereocenters. The third-order valence-electron chi connectivity index (χ3n) is 7.20. The Morgan fingerprint density at radius 2 is 1.81 bits per heavy atom. The zero-order valence-electron chi connectivity index (χ0n) is 20.1. The van der Waals surface area contributed by atoms with Crippen molar-refractivity contribution in [2.75, 3.05) is 6.61 Å². The molecular weight excluding hydrogens is 404 g/mol. The Morgan fingerprint density at radius 1 is 1.19 bits per heavy atom. The molecule has 7 heteroatoms. The molecule has 0 aromatic carbocycles. The van der Waals surface area contributed by atoms with Gasteiger partial charge in [-0.05, 0) is 81.6 Å². The van der Waals surface area contributed by atoms with Gasteiger partial charge < -0.3 is 15.4 Å². The standard InChI is InChI=1S/C25H38N4O3/c1-15(2)14-32-24-21(13-26-29(24)7-6-25(4,5)28-16(3)30)23(31)27-22-19-9-17-8-18(11-19)12-20(22)10-17/h6-7,13,15,17-20,22H,8-12,14H2,1-5H3,(H,27,31)(H,28,30)/b7-6+. The Morgan fingerprint density at radius 3 is 2.38 bits per heavy atom. The van der Waals surface area contributed by atoms with Gasteiger partial charge in [-0.25, -0.2) is 4.68 Å². The molecule has 4 bridgehead atoms. The predicted molar refractivity (Wildman–Crippen MR) is 124 cm³/mol. The number of rotatable bonds is 8. The Balaban J connectivity index is 1.52. The van der Waals surface area contributed by atoms with Gasteiger partial charge in [0.05, 0.1) is 18.3 Å². The molecule has 4 aliphatic carbocycles. The molecule has 7 nitrogen and oxygen atoms in total. The Hall–Kier alpha value is -2.31. The van der Waals surface area contributed by atoms with E-state index >= 15 is 0 Å². The molecule has 4 fully saturated rings. The monoisotopic (exact) mass is 442 g/mol. The van der Waals surface area contributed by atoms with Crippen LogP contribution in [0.2, 0.25) is 0 Å². The van der Waals surface area contributed by atoms with Crippen LogP contribution in [0.25, 0.3) is 6.20 Å². The van der Waals surface area contributed by atoms with Gasteiger partial charge >= 0.3 is 0 Å². The number of hydrogen-bond acceptors (Lipinski definition) is 4. The van der Waals surface area contributed by atoms with Crippen molar-refractivity contribution in [3.05, 3.63) is 17.8 Å². The van der Waals surface area contributed by atoms with Crippen molar-refractivity contribution >= 4 is 18.0 Å². The summed E-state index contributed by atoms with van der Waals surface area (Å²) in [5, 5.41) is 10.7. The third kappa shape index (κ3) is 5.02. The van der Waals surface area contributed by atoms with Gasteiger partial charge in [0.2, 0.25) is 11.8 Å². The quantitative estimate of drug-likeness (QED) is 0.640. The van der Waals surface area contributed by atoms with Gasteiger partial charge in [-0.3, -0.25) is 9.59 Å². The number of ether oxygens (including phenoxy) is 1. The van der Waals surface area contributed by atoms with Gasteiger partial charge in [-0.15, -0.1) is 0 Å². The topological polar surface area (TPSA) is 85.2 Å². The molecule has 1 aromatic rings. The van der Waals surface area contributed by atoms with Crippen molar-refractivity contribution in [1.82, 2.24) is 20.4 Å². The molecule has 2 amide bonds. The van der Waals surface area contributed by atoms with E-state index in [0.29, 0.717) is 35.8 Å². The Bertz CT molecular complexity index is 858. The molecule has 32 heavy (non-hydrogen) atoms. The first-order valence-corrected chi connectivity index (χ1v) is 12.1. The molecule has 176 valence electrons. The number of amides is 2. The van der Waals surface area contributed by atoms with E-state index < -0.39 is 5.54 Å². The SMILES string of the molecule is CC(=O)NC(C)(C)/C=C/n1ncc(C(=O)NC2C3CC4CC(C3)CC2C4)c1OCC(C)C. The van der Waals surface area contributed by atoms with Gasteiger partial charge in [0, 0.05) is 19.2 Å². The van der Waals surface area contributed by atoms with Crippen molar-refractivity contribution in [3.8, 4) is 5.88 Å². The number of carbonyl (C=O) groups excluding carboxylic acids is 2. The van der Waals surface area contributed by atoms with E-state index in [1.165, 1.54) is 39.0 Å². The van der Waals surface area contributed by atoms with Crippen LogP contribution in [0, 0.1) is 29.6 Å². The lowest BCUT2D eigenvalue weighted by molar-refractivity contribution is -0.120. The zero-order valence-corrected chi connectivity index (χ0v) is 20.1. The van der Waals surface area contributed by atoms with E-state index in [1.54, 1.807) is 17.1 Å². The van der Waals surface area contributed by atoms with E-state index in [1.807, 2.05) is 19.9 Å². The average Bonchev–Trinajstić information content (AvgIpc) is 3.09. The zero-order chi connectivity index (χ0) is 23.0. The normalized spacial score (nSPS) is 29.0. The number of nitrogens with one attached hydrogen (secondary N) is 2. The molecule has 0 saturated heterocycles.